The average Bonchev–Trinajstić information content (AvgIpc) is 3.83. The SMILES string of the molecule is CNC(=O)CCNC(=O)c1cc(NC(=O)CCNC(=O)c2cc(NC(=O)c3ccc(NC(=O)c4nsc(NC)c4Cl)s3)cn2C)cn1C. The van der Waals surface area contributed by atoms with Crippen molar-refractivity contribution in [3.63, 3.8) is 0 Å². The Morgan fingerprint density at radius 2 is 1.35 bits per heavy atom. The van der Waals surface area contributed by atoms with Gasteiger partial charge in [-0.05, 0) is 35.8 Å². The number of halogens is 1. The van der Waals surface area contributed by atoms with Gasteiger partial charge < -0.3 is 46.4 Å². The van der Waals surface area contributed by atoms with Crippen molar-refractivity contribution in [2.45, 2.75) is 12.8 Å². The molecule has 0 aliphatic rings. The molecular formula is C29H33ClN10O6S2. The maximum Gasteiger partial charge on any atom is 0.277 e. The van der Waals surface area contributed by atoms with Crippen molar-refractivity contribution in [3.8, 4) is 0 Å². The maximum atomic E-state index is 12.9. The van der Waals surface area contributed by atoms with Crippen LogP contribution in [0.15, 0.2) is 36.7 Å². The Labute approximate surface area is 287 Å². The van der Waals surface area contributed by atoms with E-state index in [0.717, 1.165) is 22.9 Å². The molecule has 254 valence electrons. The van der Waals surface area contributed by atoms with E-state index in [2.05, 4.69) is 41.6 Å². The smallest absolute Gasteiger partial charge is 0.277 e. The number of carbonyl (C=O) groups is 6. The number of hydrogen-bond donors (Lipinski definition) is 7. The molecule has 0 fully saturated rings. The standard InChI is InChI=1S/C29H33ClN10O6S2/c1-31-20(41)7-9-33-25(43)17-11-15(13-39(17)3)35-21(42)8-10-34-26(44)18-12-16(14-40(18)4)36-27(45)19-5-6-22(47-19)37-28(46)24-23(30)29(32-2)48-38-24/h5-6,11-14,32H,7-10H2,1-4H3,(H,31,41)(H,33,43)(H,34,44)(H,35,42)(H,36,45)(H,37,46). The predicted octanol–water partition coefficient (Wildman–Crippen LogP) is 2.71. The number of rotatable bonds is 14. The molecule has 0 saturated heterocycles. The Morgan fingerprint density at radius 3 is 1.92 bits per heavy atom. The molecule has 0 spiro atoms. The van der Waals surface area contributed by atoms with Crippen LogP contribution in [0.5, 0.6) is 0 Å². The molecule has 7 N–H and O–H groups in total. The van der Waals surface area contributed by atoms with E-state index < -0.39 is 23.6 Å². The molecule has 0 saturated carbocycles. The summed E-state index contributed by atoms with van der Waals surface area (Å²) in [7, 11) is 6.47. The number of carbonyl (C=O) groups excluding carboxylic acids is 6. The zero-order valence-corrected chi connectivity index (χ0v) is 28.7. The van der Waals surface area contributed by atoms with Gasteiger partial charge in [-0.2, -0.15) is 4.37 Å². The highest BCUT2D eigenvalue weighted by Gasteiger charge is 2.20. The van der Waals surface area contributed by atoms with Crippen molar-refractivity contribution in [1.82, 2.24) is 29.5 Å². The van der Waals surface area contributed by atoms with Gasteiger partial charge in [-0.3, -0.25) is 28.8 Å². The highest BCUT2D eigenvalue weighted by Crippen LogP contribution is 2.31. The van der Waals surface area contributed by atoms with Crippen molar-refractivity contribution in [1.29, 1.82) is 0 Å². The molecule has 16 nitrogen and oxygen atoms in total. The average molecular weight is 717 g/mol. The van der Waals surface area contributed by atoms with Gasteiger partial charge >= 0.3 is 0 Å². The first-order valence-corrected chi connectivity index (χ1v) is 16.3. The summed E-state index contributed by atoms with van der Waals surface area (Å²) in [6.07, 6.45) is 3.25. The summed E-state index contributed by atoms with van der Waals surface area (Å²) >= 11 is 8.29. The van der Waals surface area contributed by atoms with Gasteiger partial charge in [0.2, 0.25) is 11.8 Å². The van der Waals surface area contributed by atoms with Crippen molar-refractivity contribution >= 4 is 91.3 Å². The molecule has 4 aromatic heterocycles. The summed E-state index contributed by atoms with van der Waals surface area (Å²) in [6, 6.07) is 6.15. The van der Waals surface area contributed by atoms with Crippen LogP contribution in [0.2, 0.25) is 5.02 Å². The van der Waals surface area contributed by atoms with Crippen LogP contribution in [0.3, 0.4) is 0 Å². The third kappa shape index (κ3) is 8.99. The first-order chi connectivity index (χ1) is 22.9. The van der Waals surface area contributed by atoms with Crippen molar-refractivity contribution < 1.29 is 28.8 Å². The lowest BCUT2D eigenvalue weighted by Crippen LogP contribution is -2.30. The van der Waals surface area contributed by atoms with E-state index in [1.807, 2.05) is 0 Å². The molecule has 0 unspecified atom stereocenters. The van der Waals surface area contributed by atoms with Gasteiger partial charge in [-0.25, -0.2) is 0 Å². The fraction of sp³-hybridized carbons (Fsp3) is 0.276. The minimum atomic E-state index is -0.506. The predicted molar refractivity (Wildman–Crippen MR) is 184 cm³/mol. The van der Waals surface area contributed by atoms with Crippen LogP contribution in [-0.2, 0) is 23.7 Å². The zero-order chi connectivity index (χ0) is 35.0. The Kier molecular flexibility index (Phi) is 11.9. The molecule has 0 aliphatic carbocycles. The molecule has 0 bridgehead atoms. The Hall–Kier alpha value is -5.20. The van der Waals surface area contributed by atoms with E-state index in [9.17, 15) is 28.8 Å². The first kappa shape index (κ1) is 35.7. The Balaban J connectivity index is 1.23. The molecule has 4 aromatic rings. The topological polar surface area (TPSA) is 209 Å². The van der Waals surface area contributed by atoms with Crippen molar-refractivity contribution in [2.75, 3.05) is 48.5 Å². The van der Waals surface area contributed by atoms with Gasteiger partial charge in [0.1, 0.15) is 21.4 Å². The number of amides is 6. The summed E-state index contributed by atoms with van der Waals surface area (Å²) < 4.78 is 7.14. The van der Waals surface area contributed by atoms with Crippen LogP contribution in [0.4, 0.5) is 21.4 Å². The quantitative estimate of drug-likeness (QED) is 0.103. The molecule has 19 heteroatoms. The number of nitrogens with one attached hydrogen (secondary N) is 7. The summed E-state index contributed by atoms with van der Waals surface area (Å²) in [5.41, 5.74) is 1.40. The molecule has 48 heavy (non-hydrogen) atoms. The Morgan fingerprint density at radius 1 is 0.771 bits per heavy atom. The third-order valence-electron chi connectivity index (χ3n) is 6.72. The molecule has 0 aliphatic heterocycles. The number of hydrogen-bond acceptors (Lipinski definition) is 10. The summed E-state index contributed by atoms with van der Waals surface area (Å²) in [5.74, 6) is -2.37. The zero-order valence-electron chi connectivity index (χ0n) is 26.3. The maximum absolute atomic E-state index is 12.9. The van der Waals surface area contributed by atoms with Crippen molar-refractivity contribution in [3.05, 3.63) is 63.6 Å². The van der Waals surface area contributed by atoms with Crippen LogP contribution in [-0.4, -0.2) is 76.1 Å². The number of anilines is 4. The summed E-state index contributed by atoms with van der Waals surface area (Å²) in [4.78, 5) is 74.8. The van der Waals surface area contributed by atoms with Crippen LogP contribution in [0.1, 0.15) is 54.0 Å². The van der Waals surface area contributed by atoms with E-state index in [4.69, 9.17) is 11.6 Å². The van der Waals surface area contributed by atoms with Crippen LogP contribution in [0, 0.1) is 0 Å². The summed E-state index contributed by atoms with van der Waals surface area (Å²) in [5, 5.41) is 20.0. The van der Waals surface area contributed by atoms with E-state index in [1.54, 1.807) is 50.2 Å². The fourth-order valence-electron chi connectivity index (χ4n) is 4.29. The monoisotopic (exact) mass is 716 g/mol. The number of thiophene rings is 1. The van der Waals surface area contributed by atoms with Crippen molar-refractivity contribution in [2.24, 2.45) is 14.1 Å². The number of aromatic nitrogens is 3. The normalized spacial score (nSPS) is 10.6. The highest BCUT2D eigenvalue weighted by atomic mass is 35.5. The molecular weight excluding hydrogens is 684 g/mol. The van der Waals surface area contributed by atoms with Gasteiger partial charge in [0, 0.05) is 66.5 Å². The van der Waals surface area contributed by atoms with Gasteiger partial charge in [-0.1, -0.05) is 11.6 Å². The van der Waals surface area contributed by atoms with E-state index in [0.29, 0.717) is 31.9 Å². The first-order valence-electron chi connectivity index (χ1n) is 14.3. The minimum absolute atomic E-state index is 0.0310. The molecule has 0 aromatic carbocycles. The molecule has 4 rings (SSSR count). The van der Waals surface area contributed by atoms with Gasteiger partial charge in [0.25, 0.3) is 23.6 Å². The lowest BCUT2D eigenvalue weighted by atomic mass is 10.3. The Bertz CT molecular complexity index is 1860. The highest BCUT2D eigenvalue weighted by molar-refractivity contribution is 7.18. The largest absolute Gasteiger partial charge is 0.377 e. The lowest BCUT2D eigenvalue weighted by molar-refractivity contribution is -0.120. The lowest BCUT2D eigenvalue weighted by Gasteiger charge is -2.06. The second-order valence-corrected chi connectivity index (χ2v) is 12.4. The van der Waals surface area contributed by atoms with Crippen LogP contribution >= 0.6 is 34.5 Å². The van der Waals surface area contributed by atoms with E-state index >= 15 is 0 Å². The van der Waals surface area contributed by atoms with Gasteiger partial charge in [0.05, 0.1) is 21.3 Å². The third-order valence-corrected chi connectivity index (χ3v) is 9.06. The molecule has 4 heterocycles. The van der Waals surface area contributed by atoms with E-state index in [-0.39, 0.29) is 54.2 Å². The summed E-state index contributed by atoms with van der Waals surface area (Å²) in [6.45, 7) is 0.198. The second-order valence-electron chi connectivity index (χ2n) is 10.2. The van der Waals surface area contributed by atoms with Crippen LogP contribution in [0.25, 0.3) is 0 Å². The van der Waals surface area contributed by atoms with E-state index in [1.165, 1.54) is 23.7 Å². The second kappa shape index (κ2) is 16.1. The number of nitrogens with zero attached hydrogens (tertiary/aromatic N) is 3. The number of aryl methyl sites for hydroxylation is 2. The molecule has 0 atom stereocenters. The van der Waals surface area contributed by atoms with Gasteiger partial charge in [0.15, 0.2) is 5.69 Å². The fourth-order valence-corrected chi connectivity index (χ4v) is 6.09. The molecule has 6 amide bonds. The molecule has 0 radical (unpaired) electrons. The minimum Gasteiger partial charge on any atom is -0.377 e. The van der Waals surface area contributed by atoms with Gasteiger partial charge in [-0.15, -0.1) is 11.3 Å². The van der Waals surface area contributed by atoms with Crippen LogP contribution < -0.4 is 37.2 Å².